The molecule has 1 aromatic heterocycles. The van der Waals surface area contributed by atoms with E-state index in [4.69, 9.17) is 5.73 Å². The van der Waals surface area contributed by atoms with E-state index in [-0.39, 0.29) is 18.3 Å². The van der Waals surface area contributed by atoms with Gasteiger partial charge in [0, 0.05) is 19.6 Å². The highest BCUT2D eigenvalue weighted by Crippen LogP contribution is 2.17. The molecular formula is C14H26ClN5O. The average Bonchev–Trinajstić information content (AvgIpc) is 2.93. The van der Waals surface area contributed by atoms with Gasteiger partial charge in [-0.3, -0.25) is 9.48 Å². The predicted octanol–water partition coefficient (Wildman–Crippen LogP) is 1.56. The molecule has 2 N–H and O–H groups in total. The summed E-state index contributed by atoms with van der Waals surface area (Å²) in [7, 11) is 0. The summed E-state index contributed by atoms with van der Waals surface area (Å²) in [5.41, 5.74) is 6.13. The maximum absolute atomic E-state index is 12.3. The molecule has 1 saturated heterocycles. The van der Waals surface area contributed by atoms with Gasteiger partial charge >= 0.3 is 0 Å². The molecule has 0 radical (unpaired) electrons. The molecule has 1 aliphatic rings. The van der Waals surface area contributed by atoms with Crippen molar-refractivity contribution >= 4 is 18.3 Å². The van der Waals surface area contributed by atoms with Crippen molar-refractivity contribution in [3.05, 3.63) is 11.9 Å². The Morgan fingerprint density at radius 3 is 2.67 bits per heavy atom. The van der Waals surface area contributed by atoms with E-state index in [1.165, 1.54) is 0 Å². The van der Waals surface area contributed by atoms with Gasteiger partial charge in [-0.2, -0.15) is 0 Å². The van der Waals surface area contributed by atoms with Crippen LogP contribution >= 0.6 is 12.4 Å². The Morgan fingerprint density at radius 2 is 2.10 bits per heavy atom. The second-order valence-electron chi connectivity index (χ2n) is 6.02. The van der Waals surface area contributed by atoms with Crippen LogP contribution < -0.4 is 5.73 Å². The summed E-state index contributed by atoms with van der Waals surface area (Å²) in [5.74, 6) is 1.17. The number of piperidine rings is 1. The first-order valence-electron chi connectivity index (χ1n) is 7.49. The van der Waals surface area contributed by atoms with E-state index >= 15 is 0 Å². The van der Waals surface area contributed by atoms with E-state index in [0.29, 0.717) is 24.1 Å². The summed E-state index contributed by atoms with van der Waals surface area (Å²) in [6.45, 7) is 7.43. The van der Waals surface area contributed by atoms with E-state index in [1.54, 1.807) is 10.9 Å². The molecule has 6 nitrogen and oxygen atoms in total. The molecule has 0 aliphatic carbocycles. The Labute approximate surface area is 132 Å². The molecular weight excluding hydrogens is 290 g/mol. The first-order valence-corrected chi connectivity index (χ1v) is 7.49. The highest BCUT2D eigenvalue weighted by Gasteiger charge is 2.24. The number of carbonyl (C=O) groups is 1. The summed E-state index contributed by atoms with van der Waals surface area (Å²) < 4.78 is 1.76. The van der Waals surface area contributed by atoms with Crippen LogP contribution in [0.15, 0.2) is 6.20 Å². The largest absolute Gasteiger partial charge is 0.337 e. The molecule has 0 aromatic carbocycles. The third-order valence-corrected chi connectivity index (χ3v) is 3.93. The zero-order chi connectivity index (χ0) is 14.5. The van der Waals surface area contributed by atoms with E-state index < -0.39 is 0 Å². The number of aryl methyl sites for hydroxylation is 1. The maximum Gasteiger partial charge on any atom is 0.276 e. The standard InChI is InChI=1S/C14H25N5O.ClH/c1-11(2)3-8-19-10-13(16-17-19)14(20)18-6-4-12(9-15)5-7-18;/h10-12H,3-9,15H2,1-2H3;1H. The van der Waals surface area contributed by atoms with Crippen molar-refractivity contribution in [3.63, 3.8) is 0 Å². The number of nitrogens with two attached hydrogens (primary N) is 1. The molecule has 0 atom stereocenters. The highest BCUT2D eigenvalue weighted by atomic mass is 35.5. The van der Waals surface area contributed by atoms with Gasteiger partial charge in [0.15, 0.2) is 5.69 Å². The highest BCUT2D eigenvalue weighted by molar-refractivity contribution is 5.91. The molecule has 1 aliphatic heterocycles. The van der Waals surface area contributed by atoms with Crippen molar-refractivity contribution < 1.29 is 4.79 Å². The van der Waals surface area contributed by atoms with Crippen molar-refractivity contribution in [2.24, 2.45) is 17.6 Å². The number of rotatable bonds is 5. The minimum Gasteiger partial charge on any atom is -0.337 e. The second-order valence-corrected chi connectivity index (χ2v) is 6.02. The van der Waals surface area contributed by atoms with Crippen molar-refractivity contribution in [3.8, 4) is 0 Å². The summed E-state index contributed by atoms with van der Waals surface area (Å²) in [6.07, 6.45) is 4.78. The SMILES string of the molecule is CC(C)CCn1cc(C(=O)N2CCC(CN)CC2)nn1.Cl. The molecule has 2 heterocycles. The van der Waals surface area contributed by atoms with Crippen LogP contribution in [0.2, 0.25) is 0 Å². The molecule has 2 rings (SSSR count). The number of aromatic nitrogens is 3. The predicted molar refractivity (Wildman–Crippen MR) is 84.4 cm³/mol. The van der Waals surface area contributed by atoms with Crippen LogP contribution in [0.3, 0.4) is 0 Å². The van der Waals surface area contributed by atoms with Crippen LogP contribution in [0.25, 0.3) is 0 Å². The summed E-state index contributed by atoms with van der Waals surface area (Å²) >= 11 is 0. The molecule has 0 unspecified atom stereocenters. The minimum atomic E-state index is -0.00346. The molecule has 0 saturated carbocycles. The van der Waals surface area contributed by atoms with Crippen LogP contribution in [-0.4, -0.2) is 45.4 Å². The Bertz CT molecular complexity index is 440. The van der Waals surface area contributed by atoms with Crippen molar-refractivity contribution in [2.45, 2.75) is 39.7 Å². The number of likely N-dealkylation sites (tertiary alicyclic amines) is 1. The van der Waals surface area contributed by atoms with Gasteiger partial charge in [-0.1, -0.05) is 19.1 Å². The fourth-order valence-electron chi connectivity index (χ4n) is 2.43. The van der Waals surface area contributed by atoms with E-state index in [0.717, 1.165) is 38.9 Å². The lowest BCUT2D eigenvalue weighted by Crippen LogP contribution is -2.40. The number of hydrogen-bond donors (Lipinski definition) is 1. The van der Waals surface area contributed by atoms with Crippen LogP contribution in [0.1, 0.15) is 43.6 Å². The smallest absolute Gasteiger partial charge is 0.276 e. The van der Waals surface area contributed by atoms with Gasteiger partial charge in [0.2, 0.25) is 0 Å². The molecule has 21 heavy (non-hydrogen) atoms. The lowest BCUT2D eigenvalue weighted by atomic mass is 9.97. The number of amides is 1. The molecule has 0 spiro atoms. The number of carbonyl (C=O) groups excluding carboxylic acids is 1. The number of hydrogen-bond acceptors (Lipinski definition) is 4. The zero-order valence-corrected chi connectivity index (χ0v) is 13.7. The topological polar surface area (TPSA) is 77.0 Å². The van der Waals surface area contributed by atoms with Crippen molar-refractivity contribution in [1.82, 2.24) is 19.9 Å². The first-order chi connectivity index (χ1) is 9.60. The Hall–Kier alpha value is -1.14. The quantitative estimate of drug-likeness (QED) is 0.894. The Balaban J connectivity index is 0.00000220. The van der Waals surface area contributed by atoms with Crippen LogP contribution in [0.4, 0.5) is 0 Å². The lowest BCUT2D eigenvalue weighted by Gasteiger charge is -2.30. The number of nitrogens with zero attached hydrogens (tertiary/aromatic N) is 4. The summed E-state index contributed by atoms with van der Waals surface area (Å²) in [4.78, 5) is 14.2. The average molecular weight is 316 g/mol. The van der Waals surface area contributed by atoms with Gasteiger partial charge in [-0.15, -0.1) is 17.5 Å². The third kappa shape index (κ3) is 4.97. The first kappa shape index (κ1) is 17.9. The summed E-state index contributed by atoms with van der Waals surface area (Å²) in [6, 6.07) is 0. The molecule has 1 amide bonds. The Kier molecular flexibility index (Phi) is 7.11. The van der Waals surface area contributed by atoms with Gasteiger partial charge in [-0.25, -0.2) is 0 Å². The van der Waals surface area contributed by atoms with Crippen LogP contribution in [0.5, 0.6) is 0 Å². The van der Waals surface area contributed by atoms with Crippen molar-refractivity contribution in [2.75, 3.05) is 19.6 Å². The fourth-order valence-corrected chi connectivity index (χ4v) is 2.43. The van der Waals surface area contributed by atoms with Gasteiger partial charge < -0.3 is 10.6 Å². The normalized spacial score (nSPS) is 16.1. The molecule has 0 bridgehead atoms. The van der Waals surface area contributed by atoms with Crippen LogP contribution in [-0.2, 0) is 6.54 Å². The maximum atomic E-state index is 12.3. The number of halogens is 1. The molecule has 120 valence electrons. The second kappa shape index (κ2) is 8.34. The molecule has 7 heteroatoms. The third-order valence-electron chi connectivity index (χ3n) is 3.93. The summed E-state index contributed by atoms with van der Waals surface area (Å²) in [5, 5.41) is 8.04. The molecule has 1 fully saturated rings. The van der Waals surface area contributed by atoms with Gasteiger partial charge in [0.05, 0.1) is 6.20 Å². The zero-order valence-electron chi connectivity index (χ0n) is 12.9. The molecule has 1 aromatic rings. The fraction of sp³-hybridized carbons (Fsp3) is 0.786. The van der Waals surface area contributed by atoms with E-state index in [2.05, 4.69) is 24.2 Å². The van der Waals surface area contributed by atoms with Crippen molar-refractivity contribution in [1.29, 1.82) is 0 Å². The lowest BCUT2D eigenvalue weighted by molar-refractivity contribution is 0.0687. The van der Waals surface area contributed by atoms with E-state index in [9.17, 15) is 4.79 Å². The Morgan fingerprint density at radius 1 is 1.43 bits per heavy atom. The van der Waals surface area contributed by atoms with Gasteiger partial charge in [0.25, 0.3) is 5.91 Å². The van der Waals surface area contributed by atoms with Gasteiger partial charge in [0.1, 0.15) is 0 Å². The van der Waals surface area contributed by atoms with Crippen LogP contribution in [0, 0.1) is 11.8 Å². The minimum absolute atomic E-state index is 0. The van der Waals surface area contributed by atoms with Gasteiger partial charge in [-0.05, 0) is 37.6 Å². The van der Waals surface area contributed by atoms with E-state index in [1.807, 2.05) is 4.90 Å². The monoisotopic (exact) mass is 315 g/mol.